The number of ether oxygens (including phenoxy) is 3. The summed E-state index contributed by atoms with van der Waals surface area (Å²) in [7, 11) is 1.18. The van der Waals surface area contributed by atoms with Crippen molar-refractivity contribution in [1.29, 1.82) is 0 Å². The molecule has 0 saturated carbocycles. The third kappa shape index (κ3) is 4.66. The van der Waals surface area contributed by atoms with Gasteiger partial charge in [-0.05, 0) is 26.0 Å². The summed E-state index contributed by atoms with van der Waals surface area (Å²) < 4.78 is 15.4. The highest BCUT2D eigenvalue weighted by Gasteiger charge is 2.27. The van der Waals surface area contributed by atoms with Crippen LogP contribution in [-0.4, -0.2) is 60.7 Å². The number of hydrogen-bond donors (Lipinski definition) is 0. The Bertz CT molecular complexity index is 666. The highest BCUT2D eigenvalue weighted by atomic mass is 16.6. The summed E-state index contributed by atoms with van der Waals surface area (Å²) in [5, 5.41) is 11.2. The molecule has 1 aliphatic rings. The summed E-state index contributed by atoms with van der Waals surface area (Å²) >= 11 is 0. The number of nitrogens with zero attached hydrogens (tertiary/aromatic N) is 2. The maximum absolute atomic E-state index is 12.3. The van der Waals surface area contributed by atoms with Crippen LogP contribution in [0.1, 0.15) is 24.2 Å². The molecule has 136 valence electrons. The molecule has 2 rings (SSSR count). The van der Waals surface area contributed by atoms with Crippen molar-refractivity contribution in [1.82, 2.24) is 4.90 Å². The van der Waals surface area contributed by atoms with Crippen molar-refractivity contribution in [3.8, 4) is 5.75 Å². The van der Waals surface area contributed by atoms with Crippen LogP contribution in [0.5, 0.6) is 5.75 Å². The Morgan fingerprint density at radius 3 is 2.52 bits per heavy atom. The van der Waals surface area contributed by atoms with Gasteiger partial charge in [0.05, 0.1) is 29.8 Å². The van der Waals surface area contributed by atoms with E-state index < -0.39 is 16.6 Å². The Kier molecular flexibility index (Phi) is 5.92. The lowest BCUT2D eigenvalue weighted by Crippen LogP contribution is -2.49. The van der Waals surface area contributed by atoms with E-state index in [9.17, 15) is 19.7 Å². The Morgan fingerprint density at radius 2 is 1.96 bits per heavy atom. The smallest absolute Gasteiger partial charge is 0.338 e. The van der Waals surface area contributed by atoms with Gasteiger partial charge in [0.15, 0.2) is 12.4 Å². The van der Waals surface area contributed by atoms with Gasteiger partial charge >= 0.3 is 11.7 Å². The van der Waals surface area contributed by atoms with E-state index in [1.54, 1.807) is 4.90 Å². The van der Waals surface area contributed by atoms with E-state index in [-0.39, 0.29) is 36.0 Å². The number of esters is 1. The third-order valence-electron chi connectivity index (χ3n) is 3.70. The minimum atomic E-state index is -0.693. The first-order chi connectivity index (χ1) is 11.8. The molecule has 1 heterocycles. The summed E-state index contributed by atoms with van der Waals surface area (Å²) in [6, 6.07) is 3.68. The molecule has 0 N–H and O–H groups in total. The van der Waals surface area contributed by atoms with E-state index in [4.69, 9.17) is 9.47 Å². The van der Waals surface area contributed by atoms with Crippen LogP contribution in [0.4, 0.5) is 5.69 Å². The van der Waals surface area contributed by atoms with Crippen LogP contribution in [0.2, 0.25) is 0 Å². The van der Waals surface area contributed by atoms with Crippen molar-refractivity contribution in [2.45, 2.75) is 26.1 Å². The molecule has 1 aliphatic heterocycles. The average Bonchev–Trinajstić information content (AvgIpc) is 2.57. The number of nitro benzene ring substituents is 1. The number of methoxy groups -OCH3 is 1. The maximum Gasteiger partial charge on any atom is 0.338 e. The van der Waals surface area contributed by atoms with Gasteiger partial charge in [-0.25, -0.2) is 4.79 Å². The predicted molar refractivity (Wildman–Crippen MR) is 86.5 cm³/mol. The topological polar surface area (TPSA) is 108 Å². The Hall–Kier alpha value is -2.68. The summed E-state index contributed by atoms with van der Waals surface area (Å²) in [5.41, 5.74) is -0.372. The standard InChI is InChI=1S/C16H20N2O7/c1-10-7-17(8-11(2)25-10)15(19)9-24-14-5-4-12(16(20)23-3)6-13(14)18(21)22/h4-6,10-11H,7-9H2,1-3H3/t10-,11+. The molecular formula is C16H20N2O7. The fourth-order valence-electron chi connectivity index (χ4n) is 2.64. The summed E-state index contributed by atoms with van der Waals surface area (Å²) in [4.78, 5) is 35.8. The number of nitro groups is 1. The molecule has 25 heavy (non-hydrogen) atoms. The lowest BCUT2D eigenvalue weighted by molar-refractivity contribution is -0.385. The molecule has 1 aromatic carbocycles. The van der Waals surface area contributed by atoms with Gasteiger partial charge in [-0.15, -0.1) is 0 Å². The highest BCUT2D eigenvalue weighted by Crippen LogP contribution is 2.28. The van der Waals surface area contributed by atoms with E-state index >= 15 is 0 Å². The molecule has 2 atom stereocenters. The second kappa shape index (κ2) is 7.93. The van der Waals surface area contributed by atoms with Crippen LogP contribution in [-0.2, 0) is 14.3 Å². The quantitative estimate of drug-likeness (QED) is 0.447. The molecule has 1 saturated heterocycles. The molecule has 0 aliphatic carbocycles. The third-order valence-corrected chi connectivity index (χ3v) is 3.70. The Labute approximate surface area is 144 Å². The summed E-state index contributed by atoms with van der Waals surface area (Å²) in [6.45, 7) is 4.28. The molecule has 0 unspecified atom stereocenters. The van der Waals surface area contributed by atoms with Crippen LogP contribution in [0.3, 0.4) is 0 Å². The van der Waals surface area contributed by atoms with Crippen LogP contribution in [0, 0.1) is 10.1 Å². The van der Waals surface area contributed by atoms with Gasteiger partial charge in [0.2, 0.25) is 0 Å². The SMILES string of the molecule is COC(=O)c1ccc(OCC(=O)N2C[C@@H](C)O[C@@H](C)C2)c([N+](=O)[O-])c1. The molecule has 9 nitrogen and oxygen atoms in total. The highest BCUT2D eigenvalue weighted by molar-refractivity contribution is 5.90. The molecule has 1 aromatic rings. The predicted octanol–water partition coefficient (Wildman–Crippen LogP) is 1.40. The first-order valence-corrected chi connectivity index (χ1v) is 7.74. The lowest BCUT2D eigenvalue weighted by atomic mass is 10.2. The van der Waals surface area contributed by atoms with Crippen molar-refractivity contribution in [3.05, 3.63) is 33.9 Å². The van der Waals surface area contributed by atoms with Crippen molar-refractivity contribution in [3.63, 3.8) is 0 Å². The lowest BCUT2D eigenvalue weighted by Gasteiger charge is -2.35. The first-order valence-electron chi connectivity index (χ1n) is 7.74. The number of benzene rings is 1. The van der Waals surface area contributed by atoms with Gasteiger partial charge < -0.3 is 19.1 Å². The number of hydrogen-bond acceptors (Lipinski definition) is 7. The van der Waals surface area contributed by atoms with E-state index in [1.807, 2.05) is 13.8 Å². The van der Waals surface area contributed by atoms with E-state index in [2.05, 4.69) is 4.74 Å². The van der Waals surface area contributed by atoms with Crippen molar-refractivity contribution in [2.75, 3.05) is 26.8 Å². The van der Waals surface area contributed by atoms with E-state index in [1.165, 1.54) is 19.2 Å². The number of morpholine rings is 1. The zero-order valence-corrected chi connectivity index (χ0v) is 14.3. The molecule has 0 bridgehead atoms. The second-order valence-corrected chi connectivity index (χ2v) is 5.78. The largest absolute Gasteiger partial charge is 0.477 e. The average molecular weight is 352 g/mol. The van der Waals surface area contributed by atoms with Crippen molar-refractivity contribution < 1.29 is 28.7 Å². The van der Waals surface area contributed by atoms with Gasteiger partial charge in [-0.1, -0.05) is 0 Å². The molecule has 1 amide bonds. The van der Waals surface area contributed by atoms with Crippen LogP contribution < -0.4 is 4.74 Å². The van der Waals surface area contributed by atoms with Gasteiger partial charge in [0.25, 0.3) is 5.91 Å². The molecular weight excluding hydrogens is 332 g/mol. The fourth-order valence-corrected chi connectivity index (χ4v) is 2.64. The van der Waals surface area contributed by atoms with Crippen LogP contribution in [0.15, 0.2) is 18.2 Å². The summed E-state index contributed by atoms with van der Waals surface area (Å²) in [5.74, 6) is -1.06. The molecule has 0 aromatic heterocycles. The van der Waals surface area contributed by atoms with Crippen LogP contribution in [0.25, 0.3) is 0 Å². The van der Waals surface area contributed by atoms with Crippen LogP contribution >= 0.6 is 0 Å². The molecule has 0 radical (unpaired) electrons. The minimum Gasteiger partial charge on any atom is -0.477 e. The van der Waals surface area contributed by atoms with Gasteiger partial charge in [-0.3, -0.25) is 14.9 Å². The zero-order chi connectivity index (χ0) is 18.6. The first kappa shape index (κ1) is 18.7. The van der Waals surface area contributed by atoms with Gasteiger partial charge in [0, 0.05) is 19.2 Å². The van der Waals surface area contributed by atoms with Crippen molar-refractivity contribution in [2.24, 2.45) is 0 Å². The summed E-state index contributed by atoms with van der Waals surface area (Å²) in [6.07, 6.45) is -0.164. The Morgan fingerprint density at radius 1 is 1.32 bits per heavy atom. The monoisotopic (exact) mass is 352 g/mol. The van der Waals surface area contributed by atoms with Gasteiger partial charge in [0.1, 0.15) is 0 Å². The second-order valence-electron chi connectivity index (χ2n) is 5.78. The zero-order valence-electron chi connectivity index (χ0n) is 14.3. The number of amides is 1. The fraction of sp³-hybridized carbons (Fsp3) is 0.500. The van der Waals surface area contributed by atoms with E-state index in [0.29, 0.717) is 13.1 Å². The Balaban J connectivity index is 2.08. The number of carbonyl (C=O) groups excluding carboxylic acids is 2. The van der Waals surface area contributed by atoms with Crippen molar-refractivity contribution >= 4 is 17.6 Å². The minimum absolute atomic E-state index is 0.0312. The van der Waals surface area contributed by atoms with E-state index in [0.717, 1.165) is 6.07 Å². The molecule has 0 spiro atoms. The number of carbonyl (C=O) groups is 2. The normalized spacial score (nSPS) is 20.0. The molecule has 1 fully saturated rings. The number of rotatable bonds is 5. The molecule has 9 heteroatoms. The van der Waals surface area contributed by atoms with Gasteiger partial charge in [-0.2, -0.15) is 0 Å². The maximum atomic E-state index is 12.3.